The van der Waals surface area contributed by atoms with E-state index in [1.54, 1.807) is 11.3 Å². The van der Waals surface area contributed by atoms with Crippen LogP contribution in [0.1, 0.15) is 49.7 Å². The number of aromatic nitrogens is 1. The van der Waals surface area contributed by atoms with Crippen LogP contribution in [-0.4, -0.2) is 22.7 Å². The topological polar surface area (TPSA) is 45.2 Å². The molecule has 1 fully saturated rings. The summed E-state index contributed by atoms with van der Waals surface area (Å²) in [6, 6.07) is 0.462. The van der Waals surface area contributed by atoms with Gasteiger partial charge < -0.3 is 10.4 Å². The van der Waals surface area contributed by atoms with Crippen LogP contribution in [0.3, 0.4) is 0 Å². The number of aliphatic hydroxyl groups is 1. The molecule has 2 unspecified atom stereocenters. The number of hydrogen-bond acceptors (Lipinski definition) is 4. The van der Waals surface area contributed by atoms with E-state index in [4.69, 9.17) is 0 Å². The molecule has 0 saturated heterocycles. The lowest BCUT2D eigenvalue weighted by Crippen LogP contribution is -2.36. The number of rotatable bonds is 5. The van der Waals surface area contributed by atoms with Gasteiger partial charge in [-0.25, -0.2) is 4.98 Å². The summed E-state index contributed by atoms with van der Waals surface area (Å²) < 4.78 is 0. The normalized spacial score (nSPS) is 25.0. The van der Waals surface area contributed by atoms with Gasteiger partial charge >= 0.3 is 0 Å². The van der Waals surface area contributed by atoms with Crippen LogP contribution in [0.25, 0.3) is 0 Å². The van der Waals surface area contributed by atoms with E-state index in [-0.39, 0.29) is 0 Å². The van der Waals surface area contributed by atoms with Crippen molar-refractivity contribution in [3.63, 3.8) is 0 Å². The predicted octanol–water partition coefficient (Wildman–Crippen LogP) is 2.74. The molecule has 0 bridgehead atoms. The van der Waals surface area contributed by atoms with Gasteiger partial charge in [-0.1, -0.05) is 26.2 Å². The first kappa shape index (κ1) is 14.0. The van der Waals surface area contributed by atoms with Crippen molar-refractivity contribution in [3.05, 3.63) is 16.1 Å². The zero-order valence-electron chi connectivity index (χ0n) is 11.2. The molecular weight excluding hydrogens is 244 g/mol. The van der Waals surface area contributed by atoms with Crippen molar-refractivity contribution in [2.75, 3.05) is 6.61 Å². The first-order valence-electron chi connectivity index (χ1n) is 7.11. The maximum atomic E-state index is 9.47. The summed E-state index contributed by atoms with van der Waals surface area (Å²) in [5.41, 5.74) is 1.15. The fraction of sp³-hybridized carbons (Fsp3) is 0.786. The summed E-state index contributed by atoms with van der Waals surface area (Å²) in [7, 11) is 0. The third-order valence-corrected chi connectivity index (χ3v) is 4.88. The number of nitrogens with zero attached hydrogens (tertiary/aromatic N) is 1. The van der Waals surface area contributed by atoms with Gasteiger partial charge in [-0.05, 0) is 25.2 Å². The zero-order chi connectivity index (χ0) is 12.8. The lowest BCUT2D eigenvalue weighted by atomic mass is 9.95. The van der Waals surface area contributed by atoms with Gasteiger partial charge in [0, 0.05) is 24.6 Å². The molecule has 2 N–H and O–H groups in total. The Hall–Kier alpha value is -0.450. The first-order chi connectivity index (χ1) is 8.83. The Labute approximate surface area is 114 Å². The van der Waals surface area contributed by atoms with E-state index in [1.165, 1.54) is 30.7 Å². The maximum Gasteiger partial charge on any atom is 0.0926 e. The molecule has 18 heavy (non-hydrogen) atoms. The zero-order valence-corrected chi connectivity index (χ0v) is 12.0. The molecule has 0 aromatic carbocycles. The van der Waals surface area contributed by atoms with Crippen LogP contribution in [0.2, 0.25) is 0 Å². The number of thiazole rings is 1. The van der Waals surface area contributed by atoms with E-state index in [0.29, 0.717) is 18.6 Å². The second-order valence-electron chi connectivity index (χ2n) is 5.15. The van der Waals surface area contributed by atoms with Gasteiger partial charge in [0.2, 0.25) is 0 Å². The highest BCUT2D eigenvalue weighted by atomic mass is 32.1. The number of nitrogens with one attached hydrogen (secondary N) is 1. The molecule has 4 heteroatoms. The molecule has 1 aromatic heterocycles. The van der Waals surface area contributed by atoms with Crippen molar-refractivity contribution < 1.29 is 5.11 Å². The molecule has 0 spiro atoms. The molecule has 1 saturated carbocycles. The summed E-state index contributed by atoms with van der Waals surface area (Å²) in [4.78, 5) is 4.58. The van der Waals surface area contributed by atoms with Gasteiger partial charge in [-0.15, -0.1) is 11.3 Å². The molecule has 3 nitrogen and oxygen atoms in total. The number of aliphatic hydroxyl groups excluding tert-OH is 1. The van der Waals surface area contributed by atoms with Crippen LogP contribution in [-0.2, 0) is 13.0 Å². The van der Waals surface area contributed by atoms with Crippen molar-refractivity contribution in [3.8, 4) is 0 Å². The van der Waals surface area contributed by atoms with Crippen LogP contribution in [0.15, 0.2) is 5.38 Å². The smallest absolute Gasteiger partial charge is 0.0926 e. The summed E-state index contributed by atoms with van der Waals surface area (Å²) in [6.07, 6.45) is 7.23. The maximum absolute atomic E-state index is 9.47. The predicted molar refractivity (Wildman–Crippen MR) is 75.8 cm³/mol. The highest BCUT2D eigenvalue weighted by molar-refractivity contribution is 7.09. The fourth-order valence-electron chi connectivity index (χ4n) is 2.70. The van der Waals surface area contributed by atoms with Gasteiger partial charge in [0.15, 0.2) is 0 Å². The third-order valence-electron chi connectivity index (χ3n) is 3.84. The van der Waals surface area contributed by atoms with Crippen molar-refractivity contribution in [2.24, 2.45) is 5.92 Å². The van der Waals surface area contributed by atoms with Crippen LogP contribution in [0.5, 0.6) is 0 Å². The summed E-state index contributed by atoms with van der Waals surface area (Å²) in [5, 5.41) is 16.4. The minimum Gasteiger partial charge on any atom is -0.396 e. The SMILES string of the molecule is CCc1nc(CNC2CCCCCC2CO)cs1. The van der Waals surface area contributed by atoms with E-state index in [1.807, 2.05) is 0 Å². The summed E-state index contributed by atoms with van der Waals surface area (Å²) in [5.74, 6) is 0.428. The fourth-order valence-corrected chi connectivity index (χ4v) is 3.44. The number of aryl methyl sites for hydroxylation is 1. The highest BCUT2D eigenvalue weighted by Gasteiger charge is 2.22. The molecule has 2 atom stereocenters. The Kier molecular flexibility index (Phi) is 5.60. The Balaban J connectivity index is 1.86. The second kappa shape index (κ2) is 7.22. The first-order valence-corrected chi connectivity index (χ1v) is 7.99. The van der Waals surface area contributed by atoms with Gasteiger partial charge in [-0.2, -0.15) is 0 Å². The van der Waals surface area contributed by atoms with Crippen molar-refractivity contribution >= 4 is 11.3 Å². The largest absolute Gasteiger partial charge is 0.396 e. The Morgan fingerprint density at radius 3 is 2.94 bits per heavy atom. The van der Waals surface area contributed by atoms with Gasteiger partial charge in [-0.3, -0.25) is 0 Å². The standard InChI is InChI=1S/C14H24N2OS/c1-2-14-16-12(10-18-14)8-15-13-7-5-3-4-6-11(13)9-17/h10-11,13,15,17H,2-9H2,1H3. The van der Waals surface area contributed by atoms with E-state index in [2.05, 4.69) is 22.6 Å². The van der Waals surface area contributed by atoms with Crippen molar-refractivity contribution in [1.29, 1.82) is 0 Å². The molecule has 1 aliphatic carbocycles. The summed E-state index contributed by atoms with van der Waals surface area (Å²) in [6.45, 7) is 3.30. The second-order valence-corrected chi connectivity index (χ2v) is 6.10. The van der Waals surface area contributed by atoms with E-state index in [0.717, 1.165) is 25.1 Å². The van der Waals surface area contributed by atoms with E-state index < -0.39 is 0 Å². The molecule has 1 aromatic rings. The highest BCUT2D eigenvalue weighted by Crippen LogP contribution is 2.23. The van der Waals surface area contributed by atoms with Crippen LogP contribution < -0.4 is 5.32 Å². The Morgan fingerprint density at radius 1 is 1.39 bits per heavy atom. The molecule has 102 valence electrons. The molecule has 0 amide bonds. The Bertz CT molecular complexity index is 353. The van der Waals surface area contributed by atoms with Crippen LogP contribution >= 0.6 is 11.3 Å². The summed E-state index contributed by atoms with van der Waals surface area (Å²) >= 11 is 1.75. The average Bonchev–Trinajstić information content (AvgIpc) is 2.74. The van der Waals surface area contributed by atoms with E-state index in [9.17, 15) is 5.11 Å². The monoisotopic (exact) mass is 268 g/mol. The van der Waals surface area contributed by atoms with Gasteiger partial charge in [0.25, 0.3) is 0 Å². The van der Waals surface area contributed by atoms with Gasteiger partial charge in [0.1, 0.15) is 0 Å². The van der Waals surface area contributed by atoms with Crippen LogP contribution in [0, 0.1) is 5.92 Å². The lowest BCUT2D eigenvalue weighted by Gasteiger charge is -2.24. The van der Waals surface area contributed by atoms with Crippen molar-refractivity contribution in [1.82, 2.24) is 10.3 Å². The third kappa shape index (κ3) is 3.77. The molecule has 0 radical (unpaired) electrons. The van der Waals surface area contributed by atoms with Crippen molar-refractivity contribution in [2.45, 2.75) is 58.0 Å². The van der Waals surface area contributed by atoms with Gasteiger partial charge in [0.05, 0.1) is 10.7 Å². The van der Waals surface area contributed by atoms with E-state index >= 15 is 0 Å². The molecular formula is C14H24N2OS. The molecule has 1 aliphatic rings. The minimum atomic E-state index is 0.314. The Morgan fingerprint density at radius 2 is 2.22 bits per heavy atom. The molecule has 0 aliphatic heterocycles. The lowest BCUT2D eigenvalue weighted by molar-refractivity contribution is 0.181. The average molecular weight is 268 g/mol. The minimum absolute atomic E-state index is 0.314. The molecule has 2 rings (SSSR count). The number of hydrogen-bond donors (Lipinski definition) is 2. The molecule has 1 heterocycles. The quantitative estimate of drug-likeness (QED) is 0.807. The van der Waals surface area contributed by atoms with Crippen LogP contribution in [0.4, 0.5) is 0 Å².